The molecule has 0 spiro atoms. The van der Waals surface area contributed by atoms with Crippen LogP contribution in [0.1, 0.15) is 0 Å². The van der Waals surface area contributed by atoms with Crippen molar-refractivity contribution < 1.29 is 29.2 Å². The molecule has 0 unspecified atom stereocenters. The molecular formula is C12H17NO6. The number of rotatable bonds is 7. The van der Waals surface area contributed by atoms with Gasteiger partial charge in [-0.3, -0.25) is 0 Å². The van der Waals surface area contributed by atoms with Crippen molar-refractivity contribution in [1.82, 2.24) is 0 Å². The SMILES string of the molecule is COc1cc(OC)c(N[C@@H](CO)C(=O)O)c(OC)c1. The lowest BCUT2D eigenvalue weighted by molar-refractivity contribution is -0.138. The highest BCUT2D eigenvalue weighted by Gasteiger charge is 2.21. The molecule has 0 aliphatic heterocycles. The molecule has 0 aromatic heterocycles. The lowest BCUT2D eigenvalue weighted by Crippen LogP contribution is -2.33. The second-order valence-electron chi connectivity index (χ2n) is 3.62. The second-order valence-corrected chi connectivity index (χ2v) is 3.62. The predicted molar refractivity (Wildman–Crippen MR) is 68.2 cm³/mol. The summed E-state index contributed by atoms with van der Waals surface area (Å²) in [6.07, 6.45) is 0. The first-order valence-electron chi connectivity index (χ1n) is 5.47. The normalized spacial score (nSPS) is 11.6. The van der Waals surface area contributed by atoms with Gasteiger partial charge in [-0.05, 0) is 0 Å². The maximum Gasteiger partial charge on any atom is 0.328 e. The Kier molecular flexibility index (Phi) is 5.25. The Morgan fingerprint density at radius 1 is 1.21 bits per heavy atom. The van der Waals surface area contributed by atoms with Gasteiger partial charge in [0.25, 0.3) is 0 Å². The number of carboxylic acid groups (broad SMARTS) is 1. The van der Waals surface area contributed by atoms with Gasteiger partial charge in [-0.15, -0.1) is 0 Å². The van der Waals surface area contributed by atoms with Crippen LogP contribution in [0.5, 0.6) is 17.2 Å². The summed E-state index contributed by atoms with van der Waals surface area (Å²) in [7, 11) is 4.37. The summed E-state index contributed by atoms with van der Waals surface area (Å²) in [4.78, 5) is 10.9. The van der Waals surface area contributed by atoms with Crippen LogP contribution >= 0.6 is 0 Å². The minimum atomic E-state index is -1.18. The van der Waals surface area contributed by atoms with E-state index in [0.29, 0.717) is 22.9 Å². The lowest BCUT2D eigenvalue weighted by atomic mass is 10.2. The number of hydrogen-bond donors (Lipinski definition) is 3. The maximum atomic E-state index is 10.9. The maximum absolute atomic E-state index is 10.9. The van der Waals surface area contributed by atoms with Gasteiger partial charge in [-0.1, -0.05) is 0 Å². The first kappa shape index (κ1) is 14.9. The van der Waals surface area contributed by atoms with E-state index >= 15 is 0 Å². The molecule has 0 bridgehead atoms. The molecule has 7 heteroatoms. The van der Waals surface area contributed by atoms with Crippen LogP contribution in [0.3, 0.4) is 0 Å². The van der Waals surface area contributed by atoms with Crippen LogP contribution in [-0.2, 0) is 4.79 Å². The number of aliphatic hydroxyl groups is 1. The molecule has 0 aliphatic rings. The Morgan fingerprint density at radius 3 is 2.05 bits per heavy atom. The van der Waals surface area contributed by atoms with Crippen LogP contribution in [0, 0.1) is 0 Å². The number of carbonyl (C=O) groups is 1. The topological polar surface area (TPSA) is 97.2 Å². The molecule has 0 aliphatic carbocycles. The van der Waals surface area contributed by atoms with Gasteiger partial charge in [0.1, 0.15) is 29.0 Å². The number of carboxylic acids is 1. The fraction of sp³-hybridized carbons (Fsp3) is 0.417. The van der Waals surface area contributed by atoms with Crippen LogP contribution in [0.2, 0.25) is 0 Å². The van der Waals surface area contributed by atoms with Crippen LogP contribution in [0.15, 0.2) is 12.1 Å². The number of aliphatic carboxylic acids is 1. The number of nitrogens with one attached hydrogen (secondary N) is 1. The molecule has 7 nitrogen and oxygen atoms in total. The number of aliphatic hydroxyl groups excluding tert-OH is 1. The van der Waals surface area contributed by atoms with Crippen molar-refractivity contribution in [3.05, 3.63) is 12.1 Å². The molecule has 1 atom stereocenters. The number of methoxy groups -OCH3 is 3. The Balaban J connectivity index is 3.20. The fourth-order valence-electron chi connectivity index (χ4n) is 1.51. The number of benzene rings is 1. The van der Waals surface area contributed by atoms with Crippen molar-refractivity contribution in [3.8, 4) is 17.2 Å². The summed E-state index contributed by atoms with van der Waals surface area (Å²) in [5.41, 5.74) is 0.340. The van der Waals surface area contributed by atoms with Gasteiger partial charge in [-0.25, -0.2) is 4.79 Å². The Labute approximate surface area is 110 Å². The van der Waals surface area contributed by atoms with Gasteiger partial charge >= 0.3 is 5.97 Å². The summed E-state index contributed by atoms with van der Waals surface area (Å²) in [6, 6.07) is 2.01. The third-order valence-electron chi connectivity index (χ3n) is 2.51. The summed E-state index contributed by atoms with van der Waals surface area (Å²) < 4.78 is 15.4. The molecule has 0 saturated carbocycles. The lowest BCUT2D eigenvalue weighted by Gasteiger charge is -2.19. The Morgan fingerprint density at radius 2 is 1.74 bits per heavy atom. The zero-order chi connectivity index (χ0) is 14.4. The predicted octanol–water partition coefficient (Wildman–Crippen LogP) is 0.570. The molecule has 19 heavy (non-hydrogen) atoms. The first-order chi connectivity index (χ1) is 9.07. The van der Waals surface area contributed by atoms with Crippen LogP contribution in [0.4, 0.5) is 5.69 Å². The van der Waals surface area contributed by atoms with E-state index in [-0.39, 0.29) is 0 Å². The van der Waals surface area contributed by atoms with Gasteiger partial charge in [0.05, 0.1) is 27.9 Å². The minimum Gasteiger partial charge on any atom is -0.496 e. The van der Waals surface area contributed by atoms with Crippen molar-refractivity contribution in [3.63, 3.8) is 0 Å². The fourth-order valence-corrected chi connectivity index (χ4v) is 1.51. The summed E-state index contributed by atoms with van der Waals surface area (Å²) in [5.74, 6) is 0.0457. The van der Waals surface area contributed by atoms with Crippen molar-refractivity contribution in [1.29, 1.82) is 0 Å². The van der Waals surface area contributed by atoms with E-state index in [9.17, 15) is 4.79 Å². The molecular weight excluding hydrogens is 254 g/mol. The average Bonchev–Trinajstić information content (AvgIpc) is 2.43. The molecule has 1 rings (SSSR count). The molecule has 0 amide bonds. The van der Waals surface area contributed by atoms with Crippen molar-refractivity contribution in [2.45, 2.75) is 6.04 Å². The van der Waals surface area contributed by atoms with E-state index in [2.05, 4.69) is 5.32 Å². The average molecular weight is 271 g/mol. The molecule has 0 radical (unpaired) electrons. The van der Waals surface area contributed by atoms with Crippen molar-refractivity contribution >= 4 is 11.7 Å². The number of hydrogen-bond acceptors (Lipinski definition) is 6. The van der Waals surface area contributed by atoms with Crippen LogP contribution < -0.4 is 19.5 Å². The van der Waals surface area contributed by atoms with Crippen molar-refractivity contribution in [2.24, 2.45) is 0 Å². The second kappa shape index (κ2) is 6.69. The van der Waals surface area contributed by atoms with Gasteiger partial charge in [0.15, 0.2) is 0 Å². The molecule has 0 fully saturated rings. The largest absolute Gasteiger partial charge is 0.496 e. The minimum absolute atomic E-state index is 0.340. The van der Waals surface area contributed by atoms with Gasteiger partial charge < -0.3 is 29.7 Å². The molecule has 0 heterocycles. The Hall–Kier alpha value is -2.15. The molecule has 1 aromatic carbocycles. The first-order valence-corrected chi connectivity index (χ1v) is 5.47. The highest BCUT2D eigenvalue weighted by molar-refractivity contribution is 5.80. The zero-order valence-corrected chi connectivity index (χ0v) is 11.0. The number of anilines is 1. The third kappa shape index (κ3) is 3.41. The monoisotopic (exact) mass is 271 g/mol. The molecule has 0 saturated heterocycles. The summed E-state index contributed by atoms with van der Waals surface area (Å²) in [5, 5.41) is 20.6. The zero-order valence-electron chi connectivity index (χ0n) is 11.0. The van der Waals surface area contributed by atoms with E-state index < -0.39 is 18.6 Å². The van der Waals surface area contributed by atoms with Gasteiger partial charge in [0.2, 0.25) is 0 Å². The Bertz CT molecular complexity index is 423. The van der Waals surface area contributed by atoms with E-state index in [4.69, 9.17) is 24.4 Å². The summed E-state index contributed by atoms with van der Waals surface area (Å²) >= 11 is 0. The highest BCUT2D eigenvalue weighted by atomic mass is 16.5. The number of ether oxygens (including phenoxy) is 3. The third-order valence-corrected chi connectivity index (χ3v) is 2.51. The van der Waals surface area contributed by atoms with E-state index in [0.717, 1.165) is 0 Å². The van der Waals surface area contributed by atoms with E-state index in [1.54, 1.807) is 12.1 Å². The molecule has 3 N–H and O–H groups in total. The van der Waals surface area contributed by atoms with Gasteiger partial charge in [-0.2, -0.15) is 0 Å². The van der Waals surface area contributed by atoms with Crippen LogP contribution in [-0.4, -0.2) is 50.2 Å². The van der Waals surface area contributed by atoms with E-state index in [1.165, 1.54) is 21.3 Å². The quantitative estimate of drug-likeness (QED) is 0.667. The highest BCUT2D eigenvalue weighted by Crippen LogP contribution is 2.39. The van der Waals surface area contributed by atoms with Crippen LogP contribution in [0.25, 0.3) is 0 Å². The molecule has 1 aromatic rings. The van der Waals surface area contributed by atoms with Gasteiger partial charge in [0, 0.05) is 12.1 Å². The standard InChI is InChI=1S/C12H17NO6/c1-17-7-4-9(18-2)11(10(5-7)19-3)13-8(6-14)12(15)16/h4-5,8,13-14H,6H2,1-3H3,(H,15,16)/t8-/m0/s1. The van der Waals surface area contributed by atoms with Crippen molar-refractivity contribution in [2.75, 3.05) is 33.3 Å². The van der Waals surface area contributed by atoms with E-state index in [1.807, 2.05) is 0 Å². The molecule has 106 valence electrons. The smallest absolute Gasteiger partial charge is 0.328 e. The summed E-state index contributed by atoms with van der Waals surface area (Å²) in [6.45, 7) is -0.562.